The van der Waals surface area contributed by atoms with Gasteiger partial charge in [-0.15, -0.1) is 11.3 Å². The number of thiophene rings is 1. The van der Waals surface area contributed by atoms with Crippen LogP contribution >= 0.6 is 11.3 Å². The van der Waals surface area contributed by atoms with Crippen LogP contribution in [0.15, 0.2) is 41.9 Å². The fraction of sp³-hybridized carbons (Fsp3) is 0.286. The number of carbonyl (C=O) groups is 1. The monoisotopic (exact) mass is 290 g/mol. The Kier molecular flexibility index (Phi) is 5.85. The smallest absolute Gasteiger partial charge is 0.314 e. The van der Waals surface area contributed by atoms with Crippen LogP contribution in [0.3, 0.4) is 0 Å². The highest BCUT2D eigenvalue weighted by atomic mass is 32.1. The Balaban J connectivity index is 1.52. The summed E-state index contributed by atoms with van der Waals surface area (Å²) in [6, 6.07) is 9.63. The number of amides is 2. The molecule has 0 aromatic carbocycles. The molecular weight excluding hydrogens is 272 g/mol. The van der Waals surface area contributed by atoms with E-state index in [9.17, 15) is 4.79 Å². The van der Waals surface area contributed by atoms with E-state index in [1.807, 2.05) is 29.6 Å². The largest absolute Gasteiger partial charge is 0.368 e. The Morgan fingerprint density at radius 2 is 2.00 bits per heavy atom. The molecule has 0 fully saturated rings. The number of aromatic nitrogens is 1. The molecule has 0 radical (unpaired) electrons. The lowest BCUT2D eigenvalue weighted by molar-refractivity contribution is 0.241. The zero-order chi connectivity index (χ0) is 14.0. The van der Waals surface area contributed by atoms with E-state index < -0.39 is 0 Å². The Labute approximate surface area is 122 Å². The minimum atomic E-state index is -0.135. The first kappa shape index (κ1) is 14.3. The number of pyridine rings is 1. The van der Waals surface area contributed by atoms with Crippen molar-refractivity contribution in [3.8, 4) is 0 Å². The van der Waals surface area contributed by atoms with E-state index in [4.69, 9.17) is 0 Å². The molecule has 0 saturated carbocycles. The Bertz CT molecular complexity index is 501. The summed E-state index contributed by atoms with van der Waals surface area (Å²) in [5.74, 6) is 0.812. The molecule has 106 valence electrons. The van der Waals surface area contributed by atoms with Crippen molar-refractivity contribution in [3.05, 3.63) is 46.8 Å². The van der Waals surface area contributed by atoms with Gasteiger partial charge in [0.25, 0.3) is 0 Å². The van der Waals surface area contributed by atoms with Crippen LogP contribution in [-0.2, 0) is 6.42 Å². The van der Waals surface area contributed by atoms with Crippen molar-refractivity contribution < 1.29 is 4.79 Å². The lowest BCUT2D eigenvalue weighted by Gasteiger charge is -2.08. The minimum Gasteiger partial charge on any atom is -0.368 e. The quantitative estimate of drug-likeness (QED) is 0.684. The van der Waals surface area contributed by atoms with Gasteiger partial charge in [-0.05, 0) is 30.0 Å². The molecule has 0 aliphatic carbocycles. The summed E-state index contributed by atoms with van der Waals surface area (Å²) in [5.41, 5.74) is 0. The molecule has 2 heterocycles. The summed E-state index contributed by atoms with van der Waals surface area (Å²) in [4.78, 5) is 16.9. The molecule has 0 aliphatic rings. The number of urea groups is 1. The molecule has 0 aliphatic heterocycles. The molecule has 0 bridgehead atoms. The Morgan fingerprint density at radius 3 is 2.75 bits per heavy atom. The second kappa shape index (κ2) is 8.16. The van der Waals surface area contributed by atoms with Crippen molar-refractivity contribution in [1.82, 2.24) is 15.6 Å². The molecule has 6 heteroatoms. The highest BCUT2D eigenvalue weighted by Gasteiger charge is 1.99. The number of rotatable bonds is 7. The van der Waals surface area contributed by atoms with E-state index in [1.165, 1.54) is 4.88 Å². The van der Waals surface area contributed by atoms with Crippen LogP contribution in [0, 0.1) is 0 Å². The third-order valence-electron chi connectivity index (χ3n) is 2.62. The maximum atomic E-state index is 11.5. The zero-order valence-electron chi connectivity index (χ0n) is 11.1. The van der Waals surface area contributed by atoms with Gasteiger partial charge in [0.2, 0.25) is 0 Å². The van der Waals surface area contributed by atoms with E-state index in [0.29, 0.717) is 19.6 Å². The summed E-state index contributed by atoms with van der Waals surface area (Å²) in [6.07, 6.45) is 2.60. The van der Waals surface area contributed by atoms with Crippen molar-refractivity contribution in [2.75, 3.05) is 25.0 Å². The van der Waals surface area contributed by atoms with Crippen LogP contribution in [0.25, 0.3) is 0 Å². The van der Waals surface area contributed by atoms with Gasteiger partial charge in [0.15, 0.2) is 0 Å². The van der Waals surface area contributed by atoms with Crippen LogP contribution in [0.1, 0.15) is 4.88 Å². The molecule has 2 aromatic rings. The molecule has 2 amide bonds. The van der Waals surface area contributed by atoms with Gasteiger partial charge in [0.1, 0.15) is 5.82 Å². The molecular formula is C14H18N4OS. The summed E-state index contributed by atoms with van der Waals surface area (Å²) >= 11 is 1.71. The van der Waals surface area contributed by atoms with Crippen molar-refractivity contribution in [3.63, 3.8) is 0 Å². The highest BCUT2D eigenvalue weighted by molar-refractivity contribution is 7.09. The topological polar surface area (TPSA) is 66.0 Å². The first-order chi connectivity index (χ1) is 9.84. The number of nitrogens with one attached hydrogen (secondary N) is 3. The third kappa shape index (κ3) is 5.27. The van der Waals surface area contributed by atoms with E-state index >= 15 is 0 Å². The van der Waals surface area contributed by atoms with Crippen LogP contribution in [-0.4, -0.2) is 30.6 Å². The second-order valence-electron chi connectivity index (χ2n) is 4.15. The SMILES string of the molecule is O=C(NCCNc1ccccn1)NCCc1cccs1. The molecule has 0 spiro atoms. The number of hydrogen-bond donors (Lipinski definition) is 3. The van der Waals surface area contributed by atoms with Gasteiger partial charge in [0, 0.05) is 30.7 Å². The average molecular weight is 290 g/mol. The molecule has 0 atom stereocenters. The molecule has 3 N–H and O–H groups in total. The van der Waals surface area contributed by atoms with Crippen LogP contribution in [0.2, 0.25) is 0 Å². The average Bonchev–Trinajstić information content (AvgIpc) is 2.98. The van der Waals surface area contributed by atoms with E-state index in [1.54, 1.807) is 17.5 Å². The van der Waals surface area contributed by atoms with Crippen molar-refractivity contribution in [2.45, 2.75) is 6.42 Å². The summed E-state index contributed by atoms with van der Waals surface area (Å²) < 4.78 is 0. The Morgan fingerprint density at radius 1 is 1.10 bits per heavy atom. The second-order valence-corrected chi connectivity index (χ2v) is 5.19. The fourth-order valence-corrected chi connectivity index (χ4v) is 2.36. The van der Waals surface area contributed by atoms with Crippen LogP contribution < -0.4 is 16.0 Å². The van der Waals surface area contributed by atoms with Gasteiger partial charge in [-0.3, -0.25) is 0 Å². The van der Waals surface area contributed by atoms with Gasteiger partial charge in [-0.25, -0.2) is 9.78 Å². The van der Waals surface area contributed by atoms with E-state index in [0.717, 1.165) is 12.2 Å². The standard InChI is InChI=1S/C14H18N4OS/c19-14(17-8-6-12-4-3-11-20-12)18-10-9-16-13-5-1-2-7-15-13/h1-5,7,11H,6,8-10H2,(H,15,16)(H2,17,18,19). The van der Waals surface area contributed by atoms with E-state index in [-0.39, 0.29) is 6.03 Å². The maximum Gasteiger partial charge on any atom is 0.314 e. The number of nitrogens with zero attached hydrogens (tertiary/aromatic N) is 1. The van der Waals surface area contributed by atoms with Gasteiger partial charge in [-0.1, -0.05) is 12.1 Å². The first-order valence-corrected chi connectivity index (χ1v) is 7.41. The third-order valence-corrected chi connectivity index (χ3v) is 3.55. The van der Waals surface area contributed by atoms with Gasteiger partial charge in [0.05, 0.1) is 0 Å². The van der Waals surface area contributed by atoms with Gasteiger partial charge in [-0.2, -0.15) is 0 Å². The first-order valence-electron chi connectivity index (χ1n) is 6.53. The van der Waals surface area contributed by atoms with Gasteiger partial charge < -0.3 is 16.0 Å². The molecule has 0 saturated heterocycles. The minimum absolute atomic E-state index is 0.135. The number of hydrogen-bond acceptors (Lipinski definition) is 4. The lowest BCUT2D eigenvalue weighted by atomic mass is 10.3. The number of carbonyl (C=O) groups excluding carboxylic acids is 1. The fourth-order valence-electron chi connectivity index (χ4n) is 1.65. The summed E-state index contributed by atoms with van der Waals surface area (Å²) in [5, 5.41) is 10.8. The van der Waals surface area contributed by atoms with E-state index in [2.05, 4.69) is 27.0 Å². The van der Waals surface area contributed by atoms with Gasteiger partial charge >= 0.3 is 6.03 Å². The number of anilines is 1. The van der Waals surface area contributed by atoms with Crippen molar-refractivity contribution in [2.24, 2.45) is 0 Å². The molecule has 2 aromatic heterocycles. The molecule has 5 nitrogen and oxygen atoms in total. The maximum absolute atomic E-state index is 11.5. The Hall–Kier alpha value is -2.08. The summed E-state index contributed by atoms with van der Waals surface area (Å²) in [6.45, 7) is 1.86. The van der Waals surface area contributed by atoms with Crippen molar-refractivity contribution in [1.29, 1.82) is 0 Å². The molecule has 0 unspecified atom stereocenters. The molecule has 2 rings (SSSR count). The lowest BCUT2D eigenvalue weighted by Crippen LogP contribution is -2.38. The van der Waals surface area contributed by atoms with Crippen LogP contribution in [0.4, 0.5) is 10.6 Å². The van der Waals surface area contributed by atoms with Crippen molar-refractivity contribution >= 4 is 23.2 Å². The van der Waals surface area contributed by atoms with Crippen LogP contribution in [0.5, 0.6) is 0 Å². The predicted molar refractivity (Wildman–Crippen MR) is 82.2 cm³/mol. The summed E-state index contributed by atoms with van der Waals surface area (Å²) in [7, 11) is 0. The molecule has 20 heavy (non-hydrogen) atoms. The highest BCUT2D eigenvalue weighted by Crippen LogP contribution is 2.07. The normalized spacial score (nSPS) is 10.0. The zero-order valence-corrected chi connectivity index (χ0v) is 12.0. The predicted octanol–water partition coefficient (Wildman–Crippen LogP) is 2.10.